The van der Waals surface area contributed by atoms with Crippen LogP contribution >= 0.6 is 0 Å². The summed E-state index contributed by atoms with van der Waals surface area (Å²) in [6, 6.07) is 8.38. The molecule has 5 heteroatoms. The van der Waals surface area contributed by atoms with Crippen LogP contribution in [0.2, 0.25) is 0 Å². The zero-order chi connectivity index (χ0) is 13.9. The molecular formula is C15H20N4O. The molecule has 2 heterocycles. The molecule has 1 aromatic heterocycles. The number of aromatic nitrogens is 2. The Kier molecular flexibility index (Phi) is 3.69. The molecule has 1 aromatic carbocycles. The summed E-state index contributed by atoms with van der Waals surface area (Å²) in [4.78, 5) is 6.59. The molecule has 0 radical (unpaired) electrons. The summed E-state index contributed by atoms with van der Waals surface area (Å²) in [6.45, 7) is 1.03. The fourth-order valence-electron chi connectivity index (χ4n) is 2.47. The van der Waals surface area contributed by atoms with Crippen LogP contribution in [-0.4, -0.2) is 30.8 Å². The highest BCUT2D eigenvalue weighted by atomic mass is 16.5. The zero-order valence-corrected chi connectivity index (χ0v) is 12.0. The molecular weight excluding hydrogens is 252 g/mol. The second-order valence-corrected chi connectivity index (χ2v) is 5.40. The number of hydrogen-bond acceptors (Lipinski definition) is 5. The fraction of sp³-hybridized carbons (Fsp3) is 0.467. The van der Waals surface area contributed by atoms with Gasteiger partial charge in [0.05, 0.1) is 6.04 Å². The molecule has 20 heavy (non-hydrogen) atoms. The lowest BCUT2D eigenvalue weighted by atomic mass is 10.0. The average molecular weight is 272 g/mol. The summed E-state index contributed by atoms with van der Waals surface area (Å²) >= 11 is 0. The molecule has 1 saturated heterocycles. The Balaban J connectivity index is 1.78. The van der Waals surface area contributed by atoms with Crippen LogP contribution in [0.4, 0.5) is 5.69 Å². The highest BCUT2D eigenvalue weighted by Gasteiger charge is 2.20. The van der Waals surface area contributed by atoms with Crippen LogP contribution in [0.5, 0.6) is 0 Å². The largest absolute Gasteiger partial charge is 0.378 e. The van der Waals surface area contributed by atoms with Crippen molar-refractivity contribution < 1.29 is 4.52 Å². The molecule has 0 aliphatic carbocycles. The predicted octanol–water partition coefficient (Wildman–Crippen LogP) is 2.62. The van der Waals surface area contributed by atoms with E-state index in [1.54, 1.807) is 0 Å². The Morgan fingerprint density at radius 3 is 2.65 bits per heavy atom. The zero-order valence-electron chi connectivity index (χ0n) is 12.0. The van der Waals surface area contributed by atoms with Crippen molar-refractivity contribution in [2.75, 3.05) is 25.5 Å². The molecule has 106 valence electrons. The standard InChI is InChI=1S/C15H20N4O/c1-19(2)12-8-6-11(7-9-12)15-17-14(18-20-15)13-5-3-4-10-16-13/h6-9,13,16H,3-5,10H2,1-2H3. The number of hydrogen-bond donors (Lipinski definition) is 1. The van der Waals surface area contributed by atoms with Gasteiger partial charge in [-0.3, -0.25) is 0 Å². The predicted molar refractivity (Wildman–Crippen MR) is 78.7 cm³/mol. The topological polar surface area (TPSA) is 54.2 Å². The van der Waals surface area contributed by atoms with Crippen molar-refractivity contribution in [2.45, 2.75) is 25.3 Å². The summed E-state index contributed by atoms with van der Waals surface area (Å²) in [5, 5.41) is 7.55. The maximum atomic E-state index is 5.39. The molecule has 0 amide bonds. The van der Waals surface area contributed by atoms with Crippen molar-refractivity contribution in [1.29, 1.82) is 0 Å². The van der Waals surface area contributed by atoms with Gasteiger partial charge in [0, 0.05) is 25.3 Å². The van der Waals surface area contributed by atoms with Crippen LogP contribution in [0.1, 0.15) is 31.1 Å². The lowest BCUT2D eigenvalue weighted by molar-refractivity contribution is 0.367. The first-order valence-electron chi connectivity index (χ1n) is 7.09. The quantitative estimate of drug-likeness (QED) is 0.930. The van der Waals surface area contributed by atoms with Gasteiger partial charge < -0.3 is 14.7 Å². The summed E-state index contributed by atoms with van der Waals surface area (Å²) in [7, 11) is 4.04. The van der Waals surface area contributed by atoms with Crippen molar-refractivity contribution in [2.24, 2.45) is 0 Å². The normalized spacial score (nSPS) is 19.0. The smallest absolute Gasteiger partial charge is 0.257 e. The lowest BCUT2D eigenvalue weighted by Crippen LogP contribution is -2.27. The minimum absolute atomic E-state index is 0.238. The van der Waals surface area contributed by atoms with Gasteiger partial charge >= 0.3 is 0 Å². The number of nitrogens with one attached hydrogen (secondary N) is 1. The van der Waals surface area contributed by atoms with Crippen molar-refractivity contribution in [3.05, 3.63) is 30.1 Å². The lowest BCUT2D eigenvalue weighted by Gasteiger charge is -2.19. The van der Waals surface area contributed by atoms with Crippen molar-refractivity contribution in [1.82, 2.24) is 15.5 Å². The number of piperidine rings is 1. The van der Waals surface area contributed by atoms with Crippen molar-refractivity contribution in [3.63, 3.8) is 0 Å². The van der Waals surface area contributed by atoms with E-state index in [0.717, 1.165) is 30.0 Å². The van der Waals surface area contributed by atoms with Crippen LogP contribution in [0.3, 0.4) is 0 Å². The number of nitrogens with zero attached hydrogens (tertiary/aromatic N) is 3. The molecule has 0 spiro atoms. The Morgan fingerprint density at radius 1 is 1.20 bits per heavy atom. The van der Waals surface area contributed by atoms with Gasteiger partial charge in [-0.05, 0) is 43.7 Å². The van der Waals surface area contributed by atoms with E-state index in [4.69, 9.17) is 4.52 Å². The Bertz CT molecular complexity index is 556. The van der Waals surface area contributed by atoms with E-state index in [9.17, 15) is 0 Å². The third kappa shape index (κ3) is 2.67. The van der Waals surface area contributed by atoms with Gasteiger partial charge in [-0.25, -0.2) is 0 Å². The summed E-state index contributed by atoms with van der Waals surface area (Å²) in [5.74, 6) is 1.37. The Hall–Kier alpha value is -1.88. The van der Waals surface area contributed by atoms with Crippen LogP contribution in [0, 0.1) is 0 Å². The van der Waals surface area contributed by atoms with E-state index in [0.29, 0.717) is 5.89 Å². The van der Waals surface area contributed by atoms with E-state index in [1.165, 1.54) is 12.8 Å². The molecule has 1 unspecified atom stereocenters. The fourth-order valence-corrected chi connectivity index (χ4v) is 2.47. The summed E-state index contributed by atoms with van der Waals surface area (Å²) in [5.41, 5.74) is 2.12. The van der Waals surface area contributed by atoms with Gasteiger partial charge in [0.1, 0.15) is 0 Å². The van der Waals surface area contributed by atoms with Gasteiger partial charge in [0.15, 0.2) is 5.82 Å². The maximum Gasteiger partial charge on any atom is 0.257 e. The van der Waals surface area contributed by atoms with E-state index < -0.39 is 0 Å². The highest BCUT2D eigenvalue weighted by molar-refractivity contribution is 5.58. The molecule has 2 aromatic rings. The molecule has 5 nitrogen and oxygen atoms in total. The van der Waals surface area contributed by atoms with Gasteiger partial charge in [0.25, 0.3) is 5.89 Å². The molecule has 3 rings (SSSR count). The van der Waals surface area contributed by atoms with E-state index >= 15 is 0 Å². The number of benzene rings is 1. The SMILES string of the molecule is CN(C)c1ccc(-c2nc(C3CCCCN3)no2)cc1. The van der Waals surface area contributed by atoms with Crippen molar-refractivity contribution >= 4 is 5.69 Å². The van der Waals surface area contributed by atoms with E-state index in [-0.39, 0.29) is 6.04 Å². The first kappa shape index (κ1) is 13.1. The molecule has 1 atom stereocenters. The minimum Gasteiger partial charge on any atom is -0.378 e. The monoisotopic (exact) mass is 272 g/mol. The van der Waals surface area contributed by atoms with E-state index in [2.05, 4.69) is 32.5 Å². The molecule has 1 N–H and O–H groups in total. The van der Waals surface area contributed by atoms with Crippen LogP contribution in [-0.2, 0) is 0 Å². The van der Waals surface area contributed by atoms with Crippen molar-refractivity contribution in [3.8, 4) is 11.5 Å². The third-order valence-electron chi connectivity index (χ3n) is 3.69. The second-order valence-electron chi connectivity index (χ2n) is 5.40. The number of rotatable bonds is 3. The molecule has 1 aliphatic rings. The van der Waals surface area contributed by atoms with Crippen LogP contribution < -0.4 is 10.2 Å². The first-order chi connectivity index (χ1) is 9.74. The summed E-state index contributed by atoms with van der Waals surface area (Å²) in [6.07, 6.45) is 3.53. The minimum atomic E-state index is 0.238. The van der Waals surface area contributed by atoms with Crippen LogP contribution in [0.25, 0.3) is 11.5 Å². The number of anilines is 1. The molecule has 1 aliphatic heterocycles. The average Bonchev–Trinajstić information content (AvgIpc) is 2.98. The highest BCUT2D eigenvalue weighted by Crippen LogP contribution is 2.25. The third-order valence-corrected chi connectivity index (χ3v) is 3.69. The van der Waals surface area contributed by atoms with Gasteiger partial charge in [-0.1, -0.05) is 11.6 Å². The maximum absolute atomic E-state index is 5.39. The Morgan fingerprint density at radius 2 is 2.00 bits per heavy atom. The van der Waals surface area contributed by atoms with Crippen LogP contribution in [0.15, 0.2) is 28.8 Å². The molecule has 0 bridgehead atoms. The second kappa shape index (κ2) is 5.63. The molecule has 1 fully saturated rings. The molecule has 0 saturated carbocycles. The Labute approximate surface area is 119 Å². The van der Waals surface area contributed by atoms with E-state index in [1.807, 2.05) is 26.2 Å². The summed E-state index contributed by atoms with van der Waals surface area (Å²) < 4.78 is 5.39. The first-order valence-corrected chi connectivity index (χ1v) is 7.09. The van der Waals surface area contributed by atoms with Gasteiger partial charge in [0.2, 0.25) is 0 Å². The van der Waals surface area contributed by atoms with Gasteiger partial charge in [-0.15, -0.1) is 0 Å². The van der Waals surface area contributed by atoms with Gasteiger partial charge in [-0.2, -0.15) is 4.98 Å².